The van der Waals surface area contributed by atoms with Gasteiger partial charge < -0.3 is 15.5 Å². The molecule has 0 radical (unpaired) electrons. The van der Waals surface area contributed by atoms with Gasteiger partial charge in [0.25, 0.3) is 0 Å². The normalized spacial score (nSPS) is 18.2. The van der Waals surface area contributed by atoms with Gasteiger partial charge in [0.2, 0.25) is 11.8 Å². The molecule has 0 spiro atoms. The minimum absolute atomic E-state index is 0.000746. The number of nitrogens with one attached hydrogen (secondary N) is 2. The number of hydrogen-bond acceptors (Lipinski definition) is 4. The van der Waals surface area contributed by atoms with Crippen LogP contribution in [-0.4, -0.2) is 73.5 Å². The lowest BCUT2D eigenvalue weighted by Crippen LogP contribution is -2.54. The predicted molar refractivity (Wildman–Crippen MR) is 74.8 cm³/mol. The van der Waals surface area contributed by atoms with E-state index < -0.39 is 0 Å². The Morgan fingerprint density at radius 2 is 1.84 bits per heavy atom. The van der Waals surface area contributed by atoms with Crippen molar-refractivity contribution in [2.75, 3.05) is 39.8 Å². The van der Waals surface area contributed by atoms with Gasteiger partial charge >= 0.3 is 0 Å². The Labute approximate surface area is 115 Å². The minimum atomic E-state index is -0.168. The van der Waals surface area contributed by atoms with Crippen LogP contribution in [0.3, 0.4) is 0 Å². The van der Waals surface area contributed by atoms with Gasteiger partial charge in [-0.15, -0.1) is 0 Å². The number of hydrogen-bond donors (Lipinski definition) is 2. The zero-order chi connectivity index (χ0) is 14.4. The molecule has 1 fully saturated rings. The third-order valence-corrected chi connectivity index (χ3v) is 3.26. The van der Waals surface area contributed by atoms with Crippen LogP contribution in [0, 0.1) is 0 Å². The lowest BCUT2D eigenvalue weighted by molar-refractivity contribution is -0.139. The molecule has 0 saturated carbocycles. The maximum absolute atomic E-state index is 12.2. The zero-order valence-corrected chi connectivity index (χ0v) is 12.4. The Hall–Kier alpha value is -1.14. The maximum atomic E-state index is 12.2. The second-order valence-electron chi connectivity index (χ2n) is 5.38. The molecule has 1 heterocycles. The van der Waals surface area contributed by atoms with E-state index in [1.165, 1.54) is 4.90 Å². The Morgan fingerprint density at radius 3 is 2.37 bits per heavy atom. The first kappa shape index (κ1) is 15.9. The molecular formula is C13H26N4O2. The lowest BCUT2D eigenvalue weighted by atomic mass is 10.2. The molecule has 6 nitrogen and oxygen atoms in total. The van der Waals surface area contributed by atoms with E-state index in [0.717, 1.165) is 26.2 Å². The first-order valence-electron chi connectivity index (χ1n) is 6.91. The molecule has 1 saturated heterocycles. The van der Waals surface area contributed by atoms with Crippen molar-refractivity contribution in [2.24, 2.45) is 0 Å². The molecule has 1 aliphatic rings. The number of amides is 2. The van der Waals surface area contributed by atoms with Gasteiger partial charge in [-0.05, 0) is 20.8 Å². The van der Waals surface area contributed by atoms with E-state index in [1.807, 2.05) is 20.8 Å². The van der Waals surface area contributed by atoms with Gasteiger partial charge in [-0.1, -0.05) is 0 Å². The average Bonchev–Trinajstić information content (AvgIpc) is 2.36. The molecule has 0 aliphatic carbocycles. The van der Waals surface area contributed by atoms with Crippen LogP contribution in [0.5, 0.6) is 0 Å². The molecular weight excluding hydrogens is 244 g/mol. The first-order valence-corrected chi connectivity index (χ1v) is 6.91. The number of carbonyl (C=O) groups excluding carboxylic acids is 2. The molecule has 1 rings (SSSR count). The summed E-state index contributed by atoms with van der Waals surface area (Å²) in [5.41, 5.74) is 0. The van der Waals surface area contributed by atoms with E-state index in [2.05, 4.69) is 15.5 Å². The molecule has 0 aromatic heterocycles. The average molecular weight is 270 g/mol. The van der Waals surface area contributed by atoms with Crippen molar-refractivity contribution < 1.29 is 9.59 Å². The fraction of sp³-hybridized carbons (Fsp3) is 0.846. The van der Waals surface area contributed by atoms with Crippen LogP contribution in [0.2, 0.25) is 0 Å². The number of carbonyl (C=O) groups is 2. The van der Waals surface area contributed by atoms with Crippen molar-refractivity contribution in [1.82, 2.24) is 20.4 Å². The monoisotopic (exact) mass is 270 g/mol. The SMILES string of the molecule is CC(C)NC(=O)CN(C)C(=O)C(C)N1CCNCC1. The molecule has 6 heteroatoms. The summed E-state index contributed by atoms with van der Waals surface area (Å²) >= 11 is 0. The summed E-state index contributed by atoms with van der Waals surface area (Å²) in [6.07, 6.45) is 0. The van der Waals surface area contributed by atoms with E-state index in [4.69, 9.17) is 0 Å². The second kappa shape index (κ2) is 7.45. The molecule has 0 bridgehead atoms. The number of nitrogens with zero attached hydrogens (tertiary/aromatic N) is 2. The summed E-state index contributed by atoms with van der Waals surface area (Å²) in [7, 11) is 1.68. The van der Waals surface area contributed by atoms with Gasteiger partial charge in [-0.25, -0.2) is 0 Å². The second-order valence-corrected chi connectivity index (χ2v) is 5.38. The molecule has 1 aliphatic heterocycles. The third-order valence-electron chi connectivity index (χ3n) is 3.26. The van der Waals surface area contributed by atoms with Crippen LogP contribution in [0.25, 0.3) is 0 Å². The van der Waals surface area contributed by atoms with Gasteiger partial charge in [0, 0.05) is 39.3 Å². The van der Waals surface area contributed by atoms with Crippen LogP contribution in [0.15, 0.2) is 0 Å². The predicted octanol–water partition coefficient (Wildman–Crippen LogP) is -0.737. The molecule has 0 aromatic carbocycles. The van der Waals surface area contributed by atoms with E-state index in [1.54, 1.807) is 7.05 Å². The standard InChI is InChI=1S/C13H26N4O2/c1-10(2)15-12(18)9-16(4)13(19)11(3)17-7-5-14-6-8-17/h10-11,14H,5-9H2,1-4H3,(H,15,18). The molecule has 19 heavy (non-hydrogen) atoms. The highest BCUT2D eigenvalue weighted by Gasteiger charge is 2.26. The highest BCUT2D eigenvalue weighted by atomic mass is 16.2. The van der Waals surface area contributed by atoms with Crippen molar-refractivity contribution >= 4 is 11.8 Å². The zero-order valence-electron chi connectivity index (χ0n) is 12.4. The topological polar surface area (TPSA) is 64.7 Å². The summed E-state index contributed by atoms with van der Waals surface area (Å²) in [6, 6.07) is -0.0689. The first-order chi connectivity index (χ1) is 8.91. The Morgan fingerprint density at radius 1 is 1.26 bits per heavy atom. The van der Waals surface area contributed by atoms with Crippen molar-refractivity contribution in [2.45, 2.75) is 32.9 Å². The van der Waals surface area contributed by atoms with Crippen LogP contribution >= 0.6 is 0 Å². The van der Waals surface area contributed by atoms with E-state index in [0.29, 0.717) is 0 Å². The highest BCUT2D eigenvalue weighted by Crippen LogP contribution is 2.04. The minimum Gasteiger partial charge on any atom is -0.352 e. The van der Waals surface area contributed by atoms with Crippen molar-refractivity contribution in [3.8, 4) is 0 Å². The summed E-state index contributed by atoms with van der Waals surface area (Å²) in [6.45, 7) is 9.41. The van der Waals surface area contributed by atoms with E-state index >= 15 is 0 Å². The highest BCUT2D eigenvalue weighted by molar-refractivity contribution is 5.87. The Bertz CT molecular complexity index is 314. The van der Waals surface area contributed by atoms with Crippen molar-refractivity contribution in [3.63, 3.8) is 0 Å². The van der Waals surface area contributed by atoms with Gasteiger partial charge in [-0.3, -0.25) is 14.5 Å². The molecule has 0 aromatic rings. The fourth-order valence-electron chi connectivity index (χ4n) is 2.21. The van der Waals surface area contributed by atoms with E-state index in [9.17, 15) is 9.59 Å². The number of piperazine rings is 1. The summed E-state index contributed by atoms with van der Waals surface area (Å²) in [4.78, 5) is 27.5. The maximum Gasteiger partial charge on any atom is 0.239 e. The van der Waals surface area contributed by atoms with Crippen LogP contribution in [0.4, 0.5) is 0 Å². The van der Waals surface area contributed by atoms with Gasteiger partial charge in [0.15, 0.2) is 0 Å². The van der Waals surface area contributed by atoms with Gasteiger partial charge in [0.1, 0.15) is 0 Å². The van der Waals surface area contributed by atoms with Crippen molar-refractivity contribution in [3.05, 3.63) is 0 Å². The quantitative estimate of drug-likeness (QED) is 0.691. The lowest BCUT2D eigenvalue weighted by Gasteiger charge is -2.33. The van der Waals surface area contributed by atoms with Crippen molar-refractivity contribution in [1.29, 1.82) is 0 Å². The van der Waals surface area contributed by atoms with Crippen LogP contribution in [-0.2, 0) is 9.59 Å². The smallest absolute Gasteiger partial charge is 0.239 e. The van der Waals surface area contributed by atoms with Crippen LogP contribution < -0.4 is 10.6 Å². The fourth-order valence-corrected chi connectivity index (χ4v) is 2.21. The Kier molecular flexibility index (Phi) is 6.24. The Balaban J connectivity index is 2.44. The van der Waals surface area contributed by atoms with Gasteiger partial charge in [-0.2, -0.15) is 0 Å². The molecule has 1 unspecified atom stereocenters. The molecule has 1 atom stereocenters. The number of likely N-dealkylation sites (N-methyl/N-ethyl adjacent to an activating group) is 1. The molecule has 2 amide bonds. The number of rotatable bonds is 5. The molecule has 2 N–H and O–H groups in total. The van der Waals surface area contributed by atoms with Crippen LogP contribution in [0.1, 0.15) is 20.8 Å². The summed E-state index contributed by atoms with van der Waals surface area (Å²) in [5.74, 6) is -0.112. The summed E-state index contributed by atoms with van der Waals surface area (Å²) < 4.78 is 0. The largest absolute Gasteiger partial charge is 0.352 e. The summed E-state index contributed by atoms with van der Waals surface area (Å²) in [5, 5.41) is 6.05. The third kappa shape index (κ3) is 5.16. The van der Waals surface area contributed by atoms with Gasteiger partial charge in [0.05, 0.1) is 12.6 Å². The molecule has 110 valence electrons. The van der Waals surface area contributed by atoms with E-state index in [-0.39, 0.29) is 30.4 Å².